The van der Waals surface area contributed by atoms with Crippen LogP contribution in [-0.4, -0.2) is 17.7 Å². The molecule has 4 aromatic rings. The first kappa shape index (κ1) is 17.7. The second-order valence-electron chi connectivity index (χ2n) is 6.71. The molecule has 0 saturated carbocycles. The number of anilines is 1. The molecule has 3 heterocycles. The van der Waals surface area contributed by atoms with Crippen molar-refractivity contribution in [2.75, 3.05) is 12.1 Å². The SMILES string of the molecule is CCc1ccc(-c2cc(C(=O)Nc3ccc4c(c3)OCO4)c3ccccc3n2)s1. The van der Waals surface area contributed by atoms with Crippen molar-refractivity contribution in [2.45, 2.75) is 13.3 Å². The second kappa shape index (κ2) is 7.22. The van der Waals surface area contributed by atoms with Crippen molar-refractivity contribution in [3.63, 3.8) is 0 Å². The fourth-order valence-electron chi connectivity index (χ4n) is 3.37. The van der Waals surface area contributed by atoms with E-state index in [4.69, 9.17) is 14.5 Å². The van der Waals surface area contributed by atoms with E-state index in [2.05, 4.69) is 24.4 Å². The largest absolute Gasteiger partial charge is 0.454 e. The van der Waals surface area contributed by atoms with Gasteiger partial charge in [-0.3, -0.25) is 4.79 Å². The van der Waals surface area contributed by atoms with Gasteiger partial charge in [0.25, 0.3) is 5.91 Å². The molecule has 1 aliphatic heterocycles. The maximum Gasteiger partial charge on any atom is 0.256 e. The molecule has 6 heteroatoms. The Bertz CT molecular complexity index is 1230. The molecule has 1 N–H and O–H groups in total. The predicted molar refractivity (Wildman–Crippen MR) is 115 cm³/mol. The third-order valence-corrected chi connectivity index (χ3v) is 6.11. The van der Waals surface area contributed by atoms with E-state index in [0.717, 1.165) is 27.9 Å². The number of ether oxygens (including phenoxy) is 2. The van der Waals surface area contributed by atoms with Crippen molar-refractivity contribution in [3.8, 4) is 22.1 Å². The highest BCUT2D eigenvalue weighted by atomic mass is 32.1. The van der Waals surface area contributed by atoms with Gasteiger partial charge >= 0.3 is 0 Å². The maximum atomic E-state index is 13.2. The van der Waals surface area contributed by atoms with Gasteiger partial charge in [0, 0.05) is 22.0 Å². The zero-order valence-electron chi connectivity index (χ0n) is 15.8. The molecule has 0 radical (unpaired) electrons. The molecule has 0 unspecified atom stereocenters. The van der Waals surface area contributed by atoms with Gasteiger partial charge in [-0.05, 0) is 42.8 Å². The van der Waals surface area contributed by atoms with Gasteiger partial charge in [-0.25, -0.2) is 4.98 Å². The van der Waals surface area contributed by atoms with E-state index in [-0.39, 0.29) is 12.7 Å². The molecule has 0 bridgehead atoms. The summed E-state index contributed by atoms with van der Waals surface area (Å²) in [6.45, 7) is 2.33. The lowest BCUT2D eigenvalue weighted by Crippen LogP contribution is -2.13. The van der Waals surface area contributed by atoms with Crippen LogP contribution < -0.4 is 14.8 Å². The maximum absolute atomic E-state index is 13.2. The van der Waals surface area contributed by atoms with Crippen molar-refractivity contribution in [1.29, 1.82) is 0 Å². The van der Waals surface area contributed by atoms with E-state index in [0.29, 0.717) is 22.7 Å². The monoisotopic (exact) mass is 402 g/mol. The lowest BCUT2D eigenvalue weighted by atomic mass is 10.1. The van der Waals surface area contributed by atoms with Crippen LogP contribution in [0.4, 0.5) is 5.69 Å². The highest BCUT2D eigenvalue weighted by Gasteiger charge is 2.17. The minimum absolute atomic E-state index is 0.184. The lowest BCUT2D eigenvalue weighted by molar-refractivity contribution is 0.102. The summed E-state index contributed by atoms with van der Waals surface area (Å²) in [6, 6.07) is 19.1. The number of amides is 1. The Morgan fingerprint density at radius 3 is 2.79 bits per heavy atom. The minimum Gasteiger partial charge on any atom is -0.454 e. The fraction of sp³-hybridized carbons (Fsp3) is 0.130. The molecule has 0 saturated heterocycles. The molecule has 29 heavy (non-hydrogen) atoms. The van der Waals surface area contributed by atoms with Gasteiger partial charge in [0.15, 0.2) is 11.5 Å². The van der Waals surface area contributed by atoms with E-state index in [1.54, 1.807) is 23.5 Å². The molecule has 0 fully saturated rings. The van der Waals surface area contributed by atoms with Gasteiger partial charge in [0.05, 0.1) is 21.7 Å². The number of para-hydroxylation sites is 1. The van der Waals surface area contributed by atoms with Crippen LogP contribution in [0.25, 0.3) is 21.5 Å². The Balaban J connectivity index is 1.54. The van der Waals surface area contributed by atoms with Crippen LogP contribution in [0.5, 0.6) is 11.5 Å². The van der Waals surface area contributed by atoms with Crippen LogP contribution in [-0.2, 0) is 6.42 Å². The highest BCUT2D eigenvalue weighted by molar-refractivity contribution is 7.15. The highest BCUT2D eigenvalue weighted by Crippen LogP contribution is 2.35. The van der Waals surface area contributed by atoms with Crippen molar-refractivity contribution in [3.05, 3.63) is 71.1 Å². The summed E-state index contributed by atoms with van der Waals surface area (Å²) in [4.78, 5) is 20.3. The van der Waals surface area contributed by atoms with Gasteiger partial charge in [0.1, 0.15) is 0 Å². The molecule has 0 spiro atoms. The van der Waals surface area contributed by atoms with E-state index in [9.17, 15) is 4.79 Å². The Morgan fingerprint density at radius 2 is 1.93 bits per heavy atom. The number of carbonyl (C=O) groups is 1. The number of carbonyl (C=O) groups excluding carboxylic acids is 1. The van der Waals surface area contributed by atoms with Gasteiger partial charge in [-0.2, -0.15) is 0 Å². The molecular weight excluding hydrogens is 384 g/mol. The van der Waals surface area contributed by atoms with E-state index in [1.807, 2.05) is 36.4 Å². The number of hydrogen-bond donors (Lipinski definition) is 1. The third-order valence-electron chi connectivity index (χ3n) is 4.85. The van der Waals surface area contributed by atoms with E-state index < -0.39 is 0 Å². The summed E-state index contributed by atoms with van der Waals surface area (Å²) in [5, 5.41) is 3.80. The Kier molecular flexibility index (Phi) is 4.41. The summed E-state index contributed by atoms with van der Waals surface area (Å²) in [7, 11) is 0. The number of rotatable bonds is 4. The molecule has 144 valence electrons. The normalized spacial score (nSPS) is 12.3. The van der Waals surface area contributed by atoms with Gasteiger partial charge in [0.2, 0.25) is 6.79 Å². The number of hydrogen-bond acceptors (Lipinski definition) is 5. The summed E-state index contributed by atoms with van der Waals surface area (Å²) in [5.41, 5.74) is 2.86. The molecule has 5 rings (SSSR count). The van der Waals surface area contributed by atoms with Crippen LogP contribution in [0.1, 0.15) is 22.2 Å². The van der Waals surface area contributed by atoms with Crippen molar-refractivity contribution < 1.29 is 14.3 Å². The Morgan fingerprint density at radius 1 is 1.07 bits per heavy atom. The molecule has 0 atom stereocenters. The average Bonchev–Trinajstić information content (AvgIpc) is 3.42. The number of fused-ring (bicyclic) bond motifs is 2. The van der Waals surface area contributed by atoms with Crippen LogP contribution in [0, 0.1) is 0 Å². The van der Waals surface area contributed by atoms with E-state index >= 15 is 0 Å². The predicted octanol–water partition coefficient (Wildman–Crippen LogP) is 5.51. The van der Waals surface area contributed by atoms with Crippen molar-refractivity contribution in [2.24, 2.45) is 0 Å². The minimum atomic E-state index is -0.184. The molecule has 0 aliphatic carbocycles. The Hall–Kier alpha value is -3.38. The second-order valence-corrected chi connectivity index (χ2v) is 7.88. The first-order valence-electron chi connectivity index (χ1n) is 9.41. The van der Waals surface area contributed by atoms with Gasteiger partial charge in [-0.15, -0.1) is 11.3 Å². The zero-order valence-corrected chi connectivity index (χ0v) is 16.6. The quantitative estimate of drug-likeness (QED) is 0.489. The summed E-state index contributed by atoms with van der Waals surface area (Å²) in [6.07, 6.45) is 0.982. The molecule has 1 amide bonds. The van der Waals surface area contributed by atoms with Crippen LogP contribution in [0.2, 0.25) is 0 Å². The number of benzene rings is 2. The summed E-state index contributed by atoms with van der Waals surface area (Å²) < 4.78 is 10.7. The van der Waals surface area contributed by atoms with Crippen molar-refractivity contribution >= 4 is 33.8 Å². The number of aryl methyl sites for hydroxylation is 1. The standard InChI is InChI=1S/C23H18N2O3S/c1-2-15-8-10-22(29-15)19-12-17(16-5-3-4-6-18(16)25-19)23(26)24-14-7-9-20-21(11-14)28-13-27-20/h3-12H,2,13H2,1H3,(H,24,26). The molecular formula is C23H18N2O3S. The number of thiophene rings is 1. The van der Waals surface area contributed by atoms with Crippen LogP contribution in [0.3, 0.4) is 0 Å². The Labute approximate surface area is 171 Å². The van der Waals surface area contributed by atoms with Crippen molar-refractivity contribution in [1.82, 2.24) is 4.98 Å². The van der Waals surface area contributed by atoms with Crippen LogP contribution >= 0.6 is 11.3 Å². The molecule has 2 aromatic heterocycles. The number of aromatic nitrogens is 1. The van der Waals surface area contributed by atoms with Crippen LogP contribution in [0.15, 0.2) is 60.7 Å². The van der Waals surface area contributed by atoms with Gasteiger partial charge < -0.3 is 14.8 Å². The summed E-state index contributed by atoms with van der Waals surface area (Å²) >= 11 is 1.71. The smallest absolute Gasteiger partial charge is 0.256 e. The van der Waals surface area contributed by atoms with E-state index in [1.165, 1.54) is 4.88 Å². The number of pyridine rings is 1. The third kappa shape index (κ3) is 3.32. The topological polar surface area (TPSA) is 60.5 Å². The molecule has 1 aliphatic rings. The number of nitrogens with one attached hydrogen (secondary N) is 1. The number of nitrogens with zero attached hydrogens (tertiary/aromatic N) is 1. The zero-order chi connectivity index (χ0) is 19.8. The lowest BCUT2D eigenvalue weighted by Gasteiger charge is -2.10. The first-order valence-corrected chi connectivity index (χ1v) is 10.2. The summed E-state index contributed by atoms with van der Waals surface area (Å²) in [5.74, 6) is 1.13. The fourth-order valence-corrected chi connectivity index (χ4v) is 4.28. The molecule has 2 aromatic carbocycles. The van der Waals surface area contributed by atoms with Gasteiger partial charge in [-0.1, -0.05) is 25.1 Å². The average molecular weight is 402 g/mol. The first-order chi connectivity index (χ1) is 14.2. The molecule has 5 nitrogen and oxygen atoms in total.